The summed E-state index contributed by atoms with van der Waals surface area (Å²) in [5.74, 6) is -0.0685. The van der Waals surface area contributed by atoms with Gasteiger partial charge in [-0.25, -0.2) is 9.59 Å². The lowest BCUT2D eigenvalue weighted by Crippen LogP contribution is -2.42. The van der Waals surface area contributed by atoms with E-state index in [1.807, 2.05) is 0 Å². The second-order valence-corrected chi connectivity index (χ2v) is 3.97. The van der Waals surface area contributed by atoms with E-state index in [0.29, 0.717) is 23.6 Å². The maximum absolute atomic E-state index is 11.7. The highest BCUT2D eigenvalue weighted by Gasteiger charge is 2.17. The number of carboxylic acids is 1. The van der Waals surface area contributed by atoms with Crippen LogP contribution in [0.25, 0.3) is 0 Å². The Labute approximate surface area is 116 Å². The molecular formula is C13H18N2O5. The second kappa shape index (κ2) is 7.22. The van der Waals surface area contributed by atoms with Crippen LogP contribution in [0.3, 0.4) is 0 Å². The van der Waals surface area contributed by atoms with Crippen molar-refractivity contribution in [3.8, 4) is 11.5 Å². The van der Waals surface area contributed by atoms with E-state index in [9.17, 15) is 9.59 Å². The summed E-state index contributed by atoms with van der Waals surface area (Å²) >= 11 is 0. The maximum atomic E-state index is 11.7. The van der Waals surface area contributed by atoms with Gasteiger partial charge in [0.2, 0.25) is 0 Å². The Morgan fingerprint density at radius 3 is 2.40 bits per heavy atom. The number of aliphatic carboxylic acids is 1. The predicted octanol–water partition coefficient (Wildman–Crippen LogP) is 1.69. The van der Waals surface area contributed by atoms with Crippen LogP contribution in [0.5, 0.6) is 11.5 Å². The maximum Gasteiger partial charge on any atom is 0.326 e. The van der Waals surface area contributed by atoms with E-state index in [2.05, 4.69) is 10.6 Å². The molecule has 0 spiro atoms. The Bertz CT molecular complexity index is 490. The predicted molar refractivity (Wildman–Crippen MR) is 73.4 cm³/mol. The molecule has 1 atom stereocenters. The number of hydrogen-bond acceptors (Lipinski definition) is 4. The smallest absolute Gasteiger partial charge is 0.326 e. The molecule has 0 unspecified atom stereocenters. The molecule has 1 aromatic carbocycles. The van der Waals surface area contributed by atoms with Gasteiger partial charge in [-0.15, -0.1) is 0 Å². The molecule has 1 aromatic rings. The van der Waals surface area contributed by atoms with Gasteiger partial charge >= 0.3 is 12.0 Å². The van der Waals surface area contributed by atoms with E-state index in [1.54, 1.807) is 25.1 Å². The van der Waals surface area contributed by atoms with Gasteiger partial charge in [0.1, 0.15) is 6.04 Å². The largest absolute Gasteiger partial charge is 0.493 e. The number of anilines is 1. The molecule has 110 valence electrons. The summed E-state index contributed by atoms with van der Waals surface area (Å²) < 4.78 is 10.2. The Hall–Kier alpha value is -2.44. The monoisotopic (exact) mass is 282 g/mol. The fraction of sp³-hybridized carbons (Fsp3) is 0.385. The van der Waals surface area contributed by atoms with Crippen molar-refractivity contribution in [2.45, 2.75) is 19.4 Å². The van der Waals surface area contributed by atoms with Crippen molar-refractivity contribution in [3.05, 3.63) is 18.2 Å². The standard InChI is InChI=1S/C13H18N2O5/c1-4-9(12(16)17)15-13(18)14-8-5-6-10(19-2)11(7-8)20-3/h5-7,9H,4H2,1-3H3,(H,16,17)(H2,14,15,18)/t9-/m0/s1. The minimum atomic E-state index is -1.07. The van der Waals surface area contributed by atoms with Crippen LogP contribution >= 0.6 is 0 Å². The van der Waals surface area contributed by atoms with Crippen LogP contribution in [-0.2, 0) is 4.79 Å². The van der Waals surface area contributed by atoms with E-state index in [4.69, 9.17) is 14.6 Å². The Morgan fingerprint density at radius 2 is 1.90 bits per heavy atom. The third-order valence-electron chi connectivity index (χ3n) is 2.65. The zero-order valence-electron chi connectivity index (χ0n) is 11.6. The highest BCUT2D eigenvalue weighted by Crippen LogP contribution is 2.29. The molecule has 0 aliphatic rings. The van der Waals surface area contributed by atoms with Gasteiger partial charge in [-0.1, -0.05) is 6.92 Å². The van der Waals surface area contributed by atoms with Crippen LogP contribution in [0.1, 0.15) is 13.3 Å². The molecule has 0 heterocycles. The van der Waals surface area contributed by atoms with Gasteiger partial charge < -0.3 is 25.2 Å². The molecule has 20 heavy (non-hydrogen) atoms. The molecule has 0 radical (unpaired) electrons. The zero-order valence-corrected chi connectivity index (χ0v) is 11.6. The zero-order chi connectivity index (χ0) is 15.1. The quantitative estimate of drug-likeness (QED) is 0.737. The van der Waals surface area contributed by atoms with Crippen molar-refractivity contribution in [2.24, 2.45) is 0 Å². The molecule has 3 N–H and O–H groups in total. The minimum absolute atomic E-state index is 0.300. The topological polar surface area (TPSA) is 96.9 Å². The molecular weight excluding hydrogens is 264 g/mol. The Balaban J connectivity index is 2.73. The summed E-state index contributed by atoms with van der Waals surface area (Å²) in [4.78, 5) is 22.5. The average Bonchev–Trinajstić information content (AvgIpc) is 2.44. The summed E-state index contributed by atoms with van der Waals surface area (Å²) in [7, 11) is 3.00. The Morgan fingerprint density at radius 1 is 1.25 bits per heavy atom. The van der Waals surface area contributed by atoms with Gasteiger partial charge in [0.25, 0.3) is 0 Å². The molecule has 0 saturated carbocycles. The van der Waals surface area contributed by atoms with Crippen molar-refractivity contribution in [2.75, 3.05) is 19.5 Å². The van der Waals surface area contributed by atoms with Crippen molar-refractivity contribution >= 4 is 17.7 Å². The third kappa shape index (κ3) is 4.04. The van der Waals surface area contributed by atoms with Crippen LogP contribution in [-0.4, -0.2) is 37.4 Å². The van der Waals surface area contributed by atoms with Crippen LogP contribution in [0.2, 0.25) is 0 Å². The fourth-order valence-corrected chi connectivity index (χ4v) is 1.58. The number of urea groups is 1. The van der Waals surface area contributed by atoms with Crippen LogP contribution in [0, 0.1) is 0 Å². The molecule has 0 bridgehead atoms. The third-order valence-corrected chi connectivity index (χ3v) is 2.65. The van der Waals surface area contributed by atoms with E-state index in [1.165, 1.54) is 14.2 Å². The first-order valence-electron chi connectivity index (χ1n) is 6.04. The van der Waals surface area contributed by atoms with Crippen molar-refractivity contribution in [1.82, 2.24) is 5.32 Å². The molecule has 0 aromatic heterocycles. The lowest BCUT2D eigenvalue weighted by atomic mass is 10.2. The number of rotatable bonds is 6. The normalized spacial score (nSPS) is 11.3. The summed E-state index contributed by atoms with van der Waals surface area (Å²) in [6.07, 6.45) is 0.300. The molecule has 0 fully saturated rings. The second-order valence-electron chi connectivity index (χ2n) is 3.97. The number of carboxylic acid groups (broad SMARTS) is 1. The van der Waals surface area contributed by atoms with E-state index in [-0.39, 0.29) is 0 Å². The molecule has 1 rings (SSSR count). The first-order valence-corrected chi connectivity index (χ1v) is 6.04. The molecule has 0 saturated heterocycles. The van der Waals surface area contributed by atoms with E-state index < -0.39 is 18.0 Å². The van der Waals surface area contributed by atoms with E-state index in [0.717, 1.165) is 0 Å². The number of carbonyl (C=O) groups is 2. The fourth-order valence-electron chi connectivity index (χ4n) is 1.58. The van der Waals surface area contributed by atoms with Crippen LogP contribution in [0.15, 0.2) is 18.2 Å². The average molecular weight is 282 g/mol. The van der Waals surface area contributed by atoms with Gasteiger partial charge in [0.05, 0.1) is 14.2 Å². The van der Waals surface area contributed by atoms with Gasteiger partial charge in [0, 0.05) is 11.8 Å². The summed E-state index contributed by atoms with van der Waals surface area (Å²) in [6, 6.07) is 3.34. The lowest BCUT2D eigenvalue weighted by molar-refractivity contribution is -0.139. The highest BCUT2D eigenvalue weighted by molar-refractivity contribution is 5.92. The van der Waals surface area contributed by atoms with Gasteiger partial charge in [-0.2, -0.15) is 0 Å². The number of amides is 2. The number of carbonyl (C=O) groups excluding carboxylic acids is 1. The Kier molecular flexibility index (Phi) is 5.64. The van der Waals surface area contributed by atoms with Gasteiger partial charge in [-0.05, 0) is 18.6 Å². The minimum Gasteiger partial charge on any atom is -0.493 e. The molecule has 7 heteroatoms. The number of hydrogen-bond donors (Lipinski definition) is 3. The number of methoxy groups -OCH3 is 2. The molecule has 7 nitrogen and oxygen atoms in total. The van der Waals surface area contributed by atoms with Gasteiger partial charge in [0.15, 0.2) is 11.5 Å². The molecule has 0 aliphatic carbocycles. The van der Waals surface area contributed by atoms with Crippen molar-refractivity contribution in [1.29, 1.82) is 0 Å². The number of ether oxygens (including phenoxy) is 2. The first kappa shape index (κ1) is 15.6. The summed E-state index contributed by atoms with van der Waals surface area (Å²) in [5.41, 5.74) is 0.473. The number of benzene rings is 1. The highest BCUT2D eigenvalue weighted by atomic mass is 16.5. The molecule has 0 aliphatic heterocycles. The number of nitrogens with one attached hydrogen (secondary N) is 2. The lowest BCUT2D eigenvalue weighted by Gasteiger charge is -2.14. The summed E-state index contributed by atoms with van der Waals surface area (Å²) in [6.45, 7) is 1.68. The first-order chi connectivity index (χ1) is 9.51. The van der Waals surface area contributed by atoms with Crippen molar-refractivity contribution < 1.29 is 24.2 Å². The van der Waals surface area contributed by atoms with Crippen LogP contribution in [0.4, 0.5) is 10.5 Å². The van der Waals surface area contributed by atoms with E-state index >= 15 is 0 Å². The van der Waals surface area contributed by atoms with Gasteiger partial charge in [-0.3, -0.25) is 0 Å². The van der Waals surface area contributed by atoms with Crippen LogP contribution < -0.4 is 20.1 Å². The van der Waals surface area contributed by atoms with Crippen molar-refractivity contribution in [3.63, 3.8) is 0 Å². The molecule has 2 amide bonds. The SMILES string of the molecule is CC[C@H](NC(=O)Nc1ccc(OC)c(OC)c1)C(=O)O. The summed E-state index contributed by atoms with van der Waals surface area (Å²) in [5, 5.41) is 13.8.